The average Bonchev–Trinajstić information content (AvgIpc) is 3.07. The Labute approximate surface area is 103 Å². The van der Waals surface area contributed by atoms with E-state index in [9.17, 15) is 0 Å². The van der Waals surface area contributed by atoms with Gasteiger partial charge in [0.25, 0.3) is 0 Å². The average molecular weight is 232 g/mol. The summed E-state index contributed by atoms with van der Waals surface area (Å²) in [4.78, 5) is 2.30. The van der Waals surface area contributed by atoms with E-state index in [1.807, 2.05) is 0 Å². The summed E-state index contributed by atoms with van der Waals surface area (Å²) in [6, 6.07) is 4.45. The Morgan fingerprint density at radius 2 is 2.18 bits per heavy atom. The Hall–Kier alpha value is -1.22. The summed E-state index contributed by atoms with van der Waals surface area (Å²) in [5.74, 6) is 1.09. The van der Waals surface area contributed by atoms with Gasteiger partial charge in [0, 0.05) is 42.4 Å². The summed E-state index contributed by atoms with van der Waals surface area (Å²) < 4.78 is 5.68. The van der Waals surface area contributed by atoms with Crippen molar-refractivity contribution in [2.75, 3.05) is 32.1 Å². The second-order valence-electron chi connectivity index (χ2n) is 5.30. The molecule has 0 atom stereocenters. The van der Waals surface area contributed by atoms with Crippen LogP contribution in [-0.4, -0.2) is 27.2 Å². The van der Waals surface area contributed by atoms with Crippen molar-refractivity contribution in [2.45, 2.75) is 24.7 Å². The van der Waals surface area contributed by atoms with E-state index in [2.05, 4.69) is 24.1 Å². The monoisotopic (exact) mass is 232 g/mol. The van der Waals surface area contributed by atoms with Gasteiger partial charge in [-0.2, -0.15) is 0 Å². The molecule has 17 heavy (non-hydrogen) atoms. The zero-order chi connectivity index (χ0) is 12.0. The highest BCUT2D eigenvalue weighted by molar-refractivity contribution is 5.66. The van der Waals surface area contributed by atoms with Crippen LogP contribution in [0.25, 0.3) is 0 Å². The number of methoxy groups -OCH3 is 1. The van der Waals surface area contributed by atoms with Crippen molar-refractivity contribution in [3.63, 3.8) is 0 Å². The zero-order valence-corrected chi connectivity index (χ0v) is 10.6. The molecule has 1 aromatic rings. The second-order valence-corrected chi connectivity index (χ2v) is 5.30. The fraction of sp³-hybridized carbons (Fsp3) is 0.571. The van der Waals surface area contributed by atoms with Gasteiger partial charge in [-0.05, 0) is 25.3 Å². The van der Waals surface area contributed by atoms with Crippen molar-refractivity contribution in [3.05, 3.63) is 23.3 Å². The molecule has 0 bridgehead atoms. The number of rotatable bonds is 3. The fourth-order valence-electron chi connectivity index (χ4n) is 3.00. The Kier molecular flexibility index (Phi) is 2.33. The van der Waals surface area contributed by atoms with Crippen molar-refractivity contribution < 1.29 is 4.74 Å². The van der Waals surface area contributed by atoms with Crippen molar-refractivity contribution in [1.29, 1.82) is 0 Å². The molecule has 0 unspecified atom stereocenters. The van der Waals surface area contributed by atoms with Crippen molar-refractivity contribution in [3.8, 4) is 5.75 Å². The predicted molar refractivity (Wildman–Crippen MR) is 69.9 cm³/mol. The van der Waals surface area contributed by atoms with E-state index < -0.39 is 0 Å². The van der Waals surface area contributed by atoms with Gasteiger partial charge in [0.2, 0.25) is 0 Å². The molecule has 1 aromatic carbocycles. The third-order valence-electron chi connectivity index (χ3n) is 4.36. The molecular formula is C14H20N2O. The molecule has 1 fully saturated rings. The van der Waals surface area contributed by atoms with E-state index in [1.165, 1.54) is 29.7 Å². The topological polar surface area (TPSA) is 38.5 Å². The summed E-state index contributed by atoms with van der Waals surface area (Å²) in [5, 5.41) is 0. The van der Waals surface area contributed by atoms with Crippen LogP contribution in [0.3, 0.4) is 0 Å². The van der Waals surface area contributed by atoms with Gasteiger partial charge in [0.1, 0.15) is 5.75 Å². The quantitative estimate of drug-likeness (QED) is 0.861. The molecule has 2 aliphatic rings. The lowest BCUT2D eigenvalue weighted by molar-refractivity contribution is 0.400. The largest absolute Gasteiger partial charge is 0.496 e. The number of hydrogen-bond donors (Lipinski definition) is 1. The molecule has 3 heteroatoms. The minimum Gasteiger partial charge on any atom is -0.496 e. The predicted octanol–water partition coefficient (Wildman–Crippen LogP) is 1.68. The van der Waals surface area contributed by atoms with Crippen molar-refractivity contribution in [2.24, 2.45) is 5.73 Å². The number of nitrogens with zero attached hydrogens (tertiary/aromatic N) is 1. The van der Waals surface area contributed by atoms with E-state index in [4.69, 9.17) is 10.5 Å². The summed E-state index contributed by atoms with van der Waals surface area (Å²) in [5.41, 5.74) is 10.2. The minimum absolute atomic E-state index is 0.210. The van der Waals surface area contributed by atoms with E-state index in [-0.39, 0.29) is 5.41 Å². The van der Waals surface area contributed by atoms with Crippen LogP contribution in [0.15, 0.2) is 12.1 Å². The molecular weight excluding hydrogens is 212 g/mol. The molecule has 2 N–H and O–H groups in total. The summed E-state index contributed by atoms with van der Waals surface area (Å²) in [7, 11) is 3.92. The molecule has 0 saturated heterocycles. The van der Waals surface area contributed by atoms with Gasteiger partial charge in [0.15, 0.2) is 0 Å². The first-order chi connectivity index (χ1) is 8.22. The van der Waals surface area contributed by atoms with Gasteiger partial charge < -0.3 is 15.4 Å². The highest BCUT2D eigenvalue weighted by Crippen LogP contribution is 2.52. The van der Waals surface area contributed by atoms with E-state index >= 15 is 0 Å². The molecule has 3 nitrogen and oxygen atoms in total. The molecule has 1 aliphatic carbocycles. The first-order valence-corrected chi connectivity index (χ1v) is 6.33. The van der Waals surface area contributed by atoms with E-state index in [1.54, 1.807) is 7.11 Å². The maximum absolute atomic E-state index is 5.93. The summed E-state index contributed by atoms with van der Waals surface area (Å²) in [6.07, 6.45) is 3.49. The Balaban J connectivity index is 2.12. The molecule has 1 heterocycles. The van der Waals surface area contributed by atoms with Gasteiger partial charge in [-0.1, -0.05) is 6.07 Å². The third-order valence-corrected chi connectivity index (χ3v) is 4.36. The van der Waals surface area contributed by atoms with Crippen LogP contribution in [0.1, 0.15) is 24.0 Å². The van der Waals surface area contributed by atoms with E-state index in [0.717, 1.165) is 25.3 Å². The lowest BCUT2D eigenvalue weighted by Crippen LogP contribution is -2.21. The molecule has 0 amide bonds. The number of hydrogen-bond acceptors (Lipinski definition) is 3. The standard InChI is InChI=1S/C14H20N2O/c1-16-8-5-10-12(16)4-3-11(13(10)17-2)14(9-15)6-7-14/h3-4H,5-9,15H2,1-2H3. The number of ether oxygens (including phenoxy) is 1. The van der Waals surface area contributed by atoms with Crippen LogP contribution < -0.4 is 15.4 Å². The second kappa shape index (κ2) is 3.64. The number of benzene rings is 1. The first kappa shape index (κ1) is 10.9. The van der Waals surface area contributed by atoms with Crippen LogP contribution in [-0.2, 0) is 11.8 Å². The van der Waals surface area contributed by atoms with Crippen LogP contribution in [0, 0.1) is 0 Å². The lowest BCUT2D eigenvalue weighted by Gasteiger charge is -2.20. The van der Waals surface area contributed by atoms with Gasteiger partial charge in [-0.15, -0.1) is 0 Å². The van der Waals surface area contributed by atoms with Crippen LogP contribution in [0.4, 0.5) is 5.69 Å². The SMILES string of the molecule is COc1c(C2(CN)CC2)ccc2c1CCN2C. The maximum atomic E-state index is 5.93. The Bertz CT molecular complexity index is 452. The van der Waals surface area contributed by atoms with Gasteiger partial charge in [-0.25, -0.2) is 0 Å². The first-order valence-electron chi connectivity index (χ1n) is 6.33. The molecule has 0 radical (unpaired) electrons. The molecule has 0 spiro atoms. The van der Waals surface area contributed by atoms with Crippen molar-refractivity contribution in [1.82, 2.24) is 0 Å². The maximum Gasteiger partial charge on any atom is 0.127 e. The van der Waals surface area contributed by atoms with Crippen molar-refractivity contribution >= 4 is 5.69 Å². The van der Waals surface area contributed by atoms with Crippen LogP contribution in [0.2, 0.25) is 0 Å². The molecule has 3 rings (SSSR count). The molecule has 1 aliphatic heterocycles. The van der Waals surface area contributed by atoms with E-state index in [0.29, 0.717) is 0 Å². The fourth-order valence-corrected chi connectivity index (χ4v) is 3.00. The molecule has 1 saturated carbocycles. The highest BCUT2D eigenvalue weighted by Gasteiger charge is 2.45. The molecule has 92 valence electrons. The number of fused-ring (bicyclic) bond motifs is 1. The summed E-state index contributed by atoms with van der Waals surface area (Å²) >= 11 is 0. The van der Waals surface area contributed by atoms with Gasteiger partial charge >= 0.3 is 0 Å². The number of likely N-dealkylation sites (N-methyl/N-ethyl adjacent to an activating group) is 1. The smallest absolute Gasteiger partial charge is 0.127 e. The van der Waals surface area contributed by atoms with Gasteiger partial charge in [0.05, 0.1) is 7.11 Å². The van der Waals surface area contributed by atoms with Crippen LogP contribution >= 0.6 is 0 Å². The van der Waals surface area contributed by atoms with Crippen LogP contribution in [0.5, 0.6) is 5.75 Å². The lowest BCUT2D eigenvalue weighted by atomic mass is 9.92. The zero-order valence-electron chi connectivity index (χ0n) is 10.6. The Morgan fingerprint density at radius 1 is 1.41 bits per heavy atom. The normalized spacial score (nSPS) is 20.3. The highest BCUT2D eigenvalue weighted by atomic mass is 16.5. The summed E-state index contributed by atoms with van der Waals surface area (Å²) in [6.45, 7) is 1.82. The Morgan fingerprint density at radius 3 is 2.76 bits per heavy atom. The third kappa shape index (κ3) is 1.45. The number of anilines is 1. The molecule has 0 aromatic heterocycles. The number of nitrogens with two attached hydrogens (primary N) is 1. The van der Waals surface area contributed by atoms with Gasteiger partial charge in [-0.3, -0.25) is 0 Å². The minimum atomic E-state index is 0.210.